The molecule has 1 amide bonds. The molecule has 4 unspecified atom stereocenters. The summed E-state index contributed by atoms with van der Waals surface area (Å²) in [5.74, 6) is 0.267. The van der Waals surface area contributed by atoms with Gasteiger partial charge in [-0.05, 0) is 70.6 Å². The molecule has 3 bridgehead atoms. The summed E-state index contributed by atoms with van der Waals surface area (Å²) in [5.41, 5.74) is 5.21. The number of aliphatic hydroxyl groups is 1. The summed E-state index contributed by atoms with van der Waals surface area (Å²) in [6, 6.07) is 0. The fraction of sp³-hybridized carbons (Fsp3) is 0.957. The molecule has 6 aliphatic rings. The molecule has 6 rings (SSSR count). The summed E-state index contributed by atoms with van der Waals surface area (Å²) < 4.78 is 6.76. The molecule has 7 nitrogen and oxygen atoms in total. The molecule has 1 aliphatic heterocycles. The molecule has 3 spiro atoms. The van der Waals surface area contributed by atoms with Crippen LogP contribution in [-0.2, 0) is 19.3 Å². The van der Waals surface area contributed by atoms with Crippen LogP contribution >= 0.6 is 0 Å². The number of rotatable bonds is 4. The van der Waals surface area contributed by atoms with Crippen LogP contribution in [0.2, 0.25) is 0 Å². The van der Waals surface area contributed by atoms with Crippen LogP contribution in [0.25, 0.3) is 0 Å². The van der Waals surface area contributed by atoms with Crippen molar-refractivity contribution in [1.29, 1.82) is 0 Å². The third kappa shape index (κ3) is 2.59. The maximum Gasteiger partial charge on any atom is 0.220 e. The molecule has 0 aromatic carbocycles. The van der Waals surface area contributed by atoms with E-state index in [0.717, 1.165) is 57.8 Å². The molecule has 30 heavy (non-hydrogen) atoms. The Morgan fingerprint density at radius 2 is 1.80 bits per heavy atom. The van der Waals surface area contributed by atoms with Gasteiger partial charge in [0.1, 0.15) is 0 Å². The first-order valence-corrected chi connectivity index (χ1v) is 11.9. The zero-order valence-corrected chi connectivity index (χ0v) is 18.2. The van der Waals surface area contributed by atoms with Gasteiger partial charge in [0.05, 0.1) is 5.60 Å². The van der Waals surface area contributed by atoms with E-state index in [9.17, 15) is 9.90 Å². The molecule has 1 heterocycles. The van der Waals surface area contributed by atoms with Gasteiger partial charge in [-0.25, -0.2) is 0 Å². The van der Waals surface area contributed by atoms with Crippen molar-refractivity contribution >= 4 is 5.91 Å². The summed E-state index contributed by atoms with van der Waals surface area (Å²) in [6.07, 6.45) is 8.72. The van der Waals surface area contributed by atoms with Crippen LogP contribution in [-0.4, -0.2) is 40.3 Å². The SMILES string of the molecule is CC(C)(N)CNC(=O)CC1CCC2(CC1)OO[C@]1(O2)C2CC3C[C@@]4(O)CC1CC34C2. The lowest BCUT2D eigenvalue weighted by Gasteiger charge is -2.55. The van der Waals surface area contributed by atoms with Crippen LogP contribution < -0.4 is 11.1 Å². The number of carbonyl (C=O) groups excluding carboxylic acids is 1. The second-order valence-corrected chi connectivity index (χ2v) is 12.1. The highest BCUT2D eigenvalue weighted by atomic mass is 17.3. The Hall–Kier alpha value is -0.730. The molecule has 1 saturated heterocycles. The highest BCUT2D eigenvalue weighted by molar-refractivity contribution is 5.76. The van der Waals surface area contributed by atoms with Gasteiger partial charge in [0.15, 0.2) is 0 Å². The summed E-state index contributed by atoms with van der Waals surface area (Å²) in [7, 11) is 0. The van der Waals surface area contributed by atoms with Crippen molar-refractivity contribution in [2.45, 2.75) is 101 Å². The minimum Gasteiger partial charge on any atom is -0.389 e. The molecule has 6 atom stereocenters. The first-order chi connectivity index (χ1) is 14.1. The number of carbonyl (C=O) groups is 1. The molecular weight excluding hydrogens is 384 g/mol. The Bertz CT molecular complexity index is 755. The van der Waals surface area contributed by atoms with Crippen LogP contribution in [0.15, 0.2) is 0 Å². The zero-order valence-electron chi connectivity index (χ0n) is 18.2. The third-order valence-electron chi connectivity index (χ3n) is 9.56. The Labute approximate surface area is 178 Å². The van der Waals surface area contributed by atoms with Crippen molar-refractivity contribution in [1.82, 2.24) is 5.32 Å². The van der Waals surface area contributed by atoms with Crippen molar-refractivity contribution in [3.05, 3.63) is 0 Å². The predicted octanol–water partition coefficient (Wildman–Crippen LogP) is 2.36. The molecule has 5 aliphatic carbocycles. The molecule has 6 fully saturated rings. The van der Waals surface area contributed by atoms with E-state index in [1.807, 2.05) is 13.8 Å². The van der Waals surface area contributed by atoms with E-state index in [4.69, 9.17) is 20.2 Å². The minimum absolute atomic E-state index is 0.0726. The Kier molecular flexibility index (Phi) is 3.97. The molecule has 7 heteroatoms. The lowest BCUT2D eigenvalue weighted by atomic mass is 9.53. The second kappa shape index (κ2) is 5.98. The van der Waals surface area contributed by atoms with Crippen molar-refractivity contribution in [2.24, 2.45) is 34.8 Å². The standard InChI is InChI=1S/C23H36N2O5/c1-19(2,24)13-25-18(26)7-14-3-5-22(6-4-14)28-23(30-29-22)16-8-15-11-21(27)12-17(23)10-20(15,21)9-16/h14-17,27H,3-13,24H2,1-2H3,(H,25,26)/t14?,15?,16?,17?,20?,21-,22?,23-/m1/s1. The Morgan fingerprint density at radius 1 is 1.10 bits per heavy atom. The van der Waals surface area contributed by atoms with E-state index < -0.39 is 22.7 Å². The highest BCUT2D eigenvalue weighted by Gasteiger charge is 2.82. The van der Waals surface area contributed by atoms with E-state index in [1.165, 1.54) is 0 Å². The number of ether oxygens (including phenoxy) is 1. The Balaban J connectivity index is 1.09. The van der Waals surface area contributed by atoms with Gasteiger partial charge in [0.2, 0.25) is 17.5 Å². The summed E-state index contributed by atoms with van der Waals surface area (Å²) in [5, 5.41) is 14.1. The van der Waals surface area contributed by atoms with Crippen molar-refractivity contribution in [2.75, 3.05) is 6.54 Å². The molecule has 0 aromatic rings. The molecule has 0 aromatic heterocycles. The van der Waals surface area contributed by atoms with Gasteiger partial charge in [-0.1, -0.05) is 0 Å². The average Bonchev–Trinajstić information content (AvgIpc) is 3.24. The number of hydrogen-bond donors (Lipinski definition) is 3. The summed E-state index contributed by atoms with van der Waals surface area (Å²) in [6.45, 7) is 4.31. The highest BCUT2D eigenvalue weighted by Crippen LogP contribution is 2.80. The fourth-order valence-electron chi connectivity index (χ4n) is 8.09. The maximum atomic E-state index is 12.3. The van der Waals surface area contributed by atoms with Crippen molar-refractivity contribution in [3.63, 3.8) is 0 Å². The van der Waals surface area contributed by atoms with Gasteiger partial charge in [-0.2, -0.15) is 9.78 Å². The predicted molar refractivity (Wildman–Crippen MR) is 108 cm³/mol. The van der Waals surface area contributed by atoms with Gasteiger partial charge >= 0.3 is 0 Å². The van der Waals surface area contributed by atoms with E-state index in [-0.39, 0.29) is 17.2 Å². The monoisotopic (exact) mass is 420 g/mol. The van der Waals surface area contributed by atoms with Gasteiger partial charge < -0.3 is 20.9 Å². The molecule has 4 N–H and O–H groups in total. The van der Waals surface area contributed by atoms with Gasteiger partial charge in [-0.3, -0.25) is 4.79 Å². The first-order valence-electron chi connectivity index (χ1n) is 11.9. The van der Waals surface area contributed by atoms with Gasteiger partial charge in [-0.15, -0.1) is 0 Å². The lowest BCUT2D eigenvalue weighted by molar-refractivity contribution is -0.375. The minimum atomic E-state index is -0.676. The molecule has 168 valence electrons. The van der Waals surface area contributed by atoms with E-state index in [0.29, 0.717) is 30.7 Å². The van der Waals surface area contributed by atoms with Gasteiger partial charge in [0.25, 0.3) is 0 Å². The number of amides is 1. The van der Waals surface area contributed by atoms with Crippen LogP contribution in [0, 0.1) is 29.1 Å². The molecular formula is C23H36N2O5. The van der Waals surface area contributed by atoms with E-state index in [2.05, 4.69) is 5.32 Å². The number of nitrogens with one attached hydrogen (secondary N) is 1. The van der Waals surface area contributed by atoms with Crippen LogP contribution in [0.5, 0.6) is 0 Å². The average molecular weight is 421 g/mol. The second-order valence-electron chi connectivity index (χ2n) is 12.1. The normalized spacial score (nSPS) is 53.3. The van der Waals surface area contributed by atoms with E-state index >= 15 is 0 Å². The first kappa shape index (κ1) is 19.9. The summed E-state index contributed by atoms with van der Waals surface area (Å²) in [4.78, 5) is 24.4. The van der Waals surface area contributed by atoms with Crippen molar-refractivity contribution in [3.8, 4) is 0 Å². The zero-order chi connectivity index (χ0) is 21.0. The number of hydrogen-bond acceptors (Lipinski definition) is 6. The van der Waals surface area contributed by atoms with Crippen molar-refractivity contribution < 1.29 is 24.4 Å². The van der Waals surface area contributed by atoms with Crippen LogP contribution in [0.3, 0.4) is 0 Å². The largest absolute Gasteiger partial charge is 0.389 e. The number of fused-ring (bicyclic) bond motifs is 4. The summed E-state index contributed by atoms with van der Waals surface area (Å²) >= 11 is 0. The van der Waals surface area contributed by atoms with Gasteiger partial charge in [0, 0.05) is 48.6 Å². The van der Waals surface area contributed by atoms with Crippen LogP contribution in [0.1, 0.15) is 78.1 Å². The Morgan fingerprint density at radius 3 is 2.53 bits per heavy atom. The fourth-order valence-corrected chi connectivity index (χ4v) is 8.09. The van der Waals surface area contributed by atoms with E-state index in [1.54, 1.807) is 0 Å². The molecule has 0 radical (unpaired) electrons. The smallest absolute Gasteiger partial charge is 0.220 e. The van der Waals surface area contributed by atoms with Crippen LogP contribution in [0.4, 0.5) is 0 Å². The number of nitrogens with two attached hydrogens (primary N) is 1. The maximum absolute atomic E-state index is 12.3. The lowest BCUT2D eigenvalue weighted by Crippen LogP contribution is -2.57. The third-order valence-corrected chi connectivity index (χ3v) is 9.56. The topological polar surface area (TPSA) is 103 Å². The quantitative estimate of drug-likeness (QED) is 0.604. The molecule has 5 saturated carbocycles.